The van der Waals surface area contributed by atoms with Crippen LogP contribution in [0.3, 0.4) is 0 Å². The topological polar surface area (TPSA) is 87.6 Å². The predicted molar refractivity (Wildman–Crippen MR) is 98.8 cm³/mol. The fraction of sp³-hybridized carbons (Fsp3) is 0.222. The van der Waals surface area contributed by atoms with E-state index in [2.05, 4.69) is 15.6 Å². The highest BCUT2D eigenvalue weighted by atomic mass is 32.2. The van der Waals surface area contributed by atoms with Crippen molar-refractivity contribution in [2.24, 2.45) is 4.99 Å². The van der Waals surface area contributed by atoms with Gasteiger partial charge in [0.1, 0.15) is 5.84 Å². The largest absolute Gasteiger partial charge is 0.417 e. The molecule has 2 aromatic carbocycles. The van der Waals surface area contributed by atoms with Crippen LogP contribution in [0.1, 0.15) is 21.5 Å². The first kappa shape index (κ1) is 19.9. The Morgan fingerprint density at radius 3 is 2.50 bits per heavy atom. The zero-order valence-electron chi connectivity index (χ0n) is 14.9. The molecule has 10 heteroatoms. The number of nitrogens with one attached hydrogen (secondary N) is 2. The molecule has 6 nitrogen and oxygen atoms in total. The summed E-state index contributed by atoms with van der Waals surface area (Å²) in [6, 6.07) is 8.30. The smallest absolute Gasteiger partial charge is 0.355 e. The van der Waals surface area contributed by atoms with Crippen LogP contribution in [0.2, 0.25) is 0 Å². The highest BCUT2D eigenvalue weighted by Crippen LogP contribution is 2.40. The maximum atomic E-state index is 13.3. The minimum absolute atomic E-state index is 0.0760. The highest BCUT2D eigenvalue weighted by Gasteiger charge is 2.37. The summed E-state index contributed by atoms with van der Waals surface area (Å²) in [5.74, 6) is 0.0655. The molecule has 0 spiro atoms. The van der Waals surface area contributed by atoms with E-state index in [0.717, 1.165) is 18.4 Å². The first-order valence-electron chi connectivity index (χ1n) is 8.10. The number of hydrogen-bond donors (Lipinski definition) is 2. The van der Waals surface area contributed by atoms with Crippen molar-refractivity contribution in [3.63, 3.8) is 0 Å². The van der Waals surface area contributed by atoms with Crippen molar-refractivity contribution in [2.75, 3.05) is 18.6 Å². The molecule has 148 valence electrons. The molecular formula is C18H16F3N3O3S. The zero-order chi connectivity index (χ0) is 20.7. The number of halogens is 3. The molecule has 0 fully saturated rings. The lowest BCUT2D eigenvalue weighted by Crippen LogP contribution is -2.18. The first-order chi connectivity index (χ1) is 13.0. The van der Waals surface area contributed by atoms with E-state index in [4.69, 9.17) is 0 Å². The molecule has 1 amide bonds. The summed E-state index contributed by atoms with van der Waals surface area (Å²) in [5.41, 5.74) is 0.171. The van der Waals surface area contributed by atoms with Crippen molar-refractivity contribution in [3.05, 3.63) is 53.1 Å². The quantitative estimate of drug-likeness (QED) is 0.812. The maximum Gasteiger partial charge on any atom is 0.417 e. The normalized spacial score (nSPS) is 13.7. The van der Waals surface area contributed by atoms with Crippen LogP contribution >= 0.6 is 0 Å². The number of sulfone groups is 1. The molecule has 0 saturated carbocycles. The van der Waals surface area contributed by atoms with Crippen molar-refractivity contribution < 1.29 is 26.4 Å². The number of hydrogen-bond acceptors (Lipinski definition) is 5. The number of amides is 1. The van der Waals surface area contributed by atoms with Crippen LogP contribution in [-0.2, 0) is 22.4 Å². The van der Waals surface area contributed by atoms with Crippen LogP contribution in [0.15, 0.2) is 46.3 Å². The van der Waals surface area contributed by atoms with Gasteiger partial charge in [-0.3, -0.25) is 4.79 Å². The van der Waals surface area contributed by atoms with Crippen LogP contribution in [0.5, 0.6) is 0 Å². The van der Waals surface area contributed by atoms with Gasteiger partial charge in [-0.2, -0.15) is 13.2 Å². The molecule has 1 heterocycles. The van der Waals surface area contributed by atoms with Gasteiger partial charge in [-0.05, 0) is 35.9 Å². The maximum absolute atomic E-state index is 13.3. The number of anilines is 1. The van der Waals surface area contributed by atoms with E-state index < -0.39 is 26.5 Å². The monoisotopic (exact) mass is 411 g/mol. The third kappa shape index (κ3) is 4.01. The molecule has 0 radical (unpaired) electrons. The number of amidine groups is 1. The fourth-order valence-electron chi connectivity index (χ4n) is 2.87. The number of fused-ring (bicyclic) bond motifs is 1. The summed E-state index contributed by atoms with van der Waals surface area (Å²) in [4.78, 5) is 15.1. The summed E-state index contributed by atoms with van der Waals surface area (Å²) in [7, 11) is -2.59. The number of rotatable bonds is 3. The molecule has 0 unspecified atom stereocenters. The van der Waals surface area contributed by atoms with Gasteiger partial charge in [-0.25, -0.2) is 13.4 Å². The van der Waals surface area contributed by atoms with E-state index in [9.17, 15) is 26.4 Å². The van der Waals surface area contributed by atoms with Gasteiger partial charge in [-0.1, -0.05) is 6.07 Å². The highest BCUT2D eigenvalue weighted by molar-refractivity contribution is 7.90. The van der Waals surface area contributed by atoms with Crippen molar-refractivity contribution in [2.45, 2.75) is 17.5 Å². The molecule has 0 aromatic heterocycles. The molecule has 0 aliphatic carbocycles. The number of carbonyl (C=O) groups excluding carboxylic acids is 1. The van der Waals surface area contributed by atoms with E-state index in [0.29, 0.717) is 17.1 Å². The summed E-state index contributed by atoms with van der Waals surface area (Å²) in [5, 5.41) is 5.46. The Bertz CT molecular complexity index is 1090. The second-order valence-electron chi connectivity index (χ2n) is 6.27. The fourth-order valence-corrected chi connectivity index (χ4v) is 3.77. The second-order valence-corrected chi connectivity index (χ2v) is 8.25. The van der Waals surface area contributed by atoms with Crippen LogP contribution in [-0.4, -0.2) is 33.5 Å². The number of aliphatic imine (C=N–C) groups is 1. The number of carbonyl (C=O) groups is 1. The van der Waals surface area contributed by atoms with E-state index in [1.807, 2.05) is 0 Å². The van der Waals surface area contributed by atoms with Crippen molar-refractivity contribution in [1.82, 2.24) is 5.32 Å². The van der Waals surface area contributed by atoms with Crippen LogP contribution in [0.4, 0.5) is 24.5 Å². The molecule has 28 heavy (non-hydrogen) atoms. The van der Waals surface area contributed by atoms with E-state index in [1.54, 1.807) is 24.3 Å². The van der Waals surface area contributed by atoms with Gasteiger partial charge >= 0.3 is 6.18 Å². The molecule has 1 aliphatic heterocycles. The third-order valence-electron chi connectivity index (χ3n) is 4.14. The van der Waals surface area contributed by atoms with Crippen LogP contribution in [0.25, 0.3) is 0 Å². The Morgan fingerprint density at radius 2 is 1.89 bits per heavy atom. The van der Waals surface area contributed by atoms with Gasteiger partial charge in [-0.15, -0.1) is 0 Å². The molecule has 0 atom stereocenters. The van der Waals surface area contributed by atoms with Gasteiger partial charge in [0.2, 0.25) is 0 Å². The lowest BCUT2D eigenvalue weighted by atomic mass is 10.1. The minimum Gasteiger partial charge on any atom is -0.355 e. The number of nitrogens with zero attached hydrogens (tertiary/aromatic N) is 1. The lowest BCUT2D eigenvalue weighted by Gasteiger charge is -2.13. The molecule has 1 aliphatic rings. The average molecular weight is 411 g/mol. The Labute approximate surface area is 159 Å². The standard InChI is InChI=1S/C18H16F3N3O3S/c1-22-17(25)10-4-3-5-12(6-10)23-16-8-11-7-13(18(19,20)21)15(28(2,26)27)9-14(11)24-16/h3-7,9H,8H2,1-2H3,(H,22,25)(H,23,24). The van der Waals surface area contributed by atoms with Gasteiger partial charge < -0.3 is 10.6 Å². The van der Waals surface area contributed by atoms with Crippen molar-refractivity contribution >= 4 is 33.0 Å². The molecule has 0 bridgehead atoms. The van der Waals surface area contributed by atoms with E-state index in [1.165, 1.54) is 7.05 Å². The average Bonchev–Trinajstić information content (AvgIpc) is 3.00. The molecular weight excluding hydrogens is 395 g/mol. The zero-order valence-corrected chi connectivity index (χ0v) is 15.7. The number of benzene rings is 2. The van der Waals surface area contributed by atoms with E-state index in [-0.39, 0.29) is 23.6 Å². The van der Waals surface area contributed by atoms with Crippen LogP contribution in [0, 0.1) is 0 Å². The molecule has 2 aromatic rings. The SMILES string of the molecule is CNC(=O)c1cccc(NC2=Nc3cc(S(C)(=O)=O)c(C(F)(F)F)cc3C2)c1. The Hall–Kier alpha value is -2.88. The Balaban J connectivity index is 1.94. The lowest BCUT2D eigenvalue weighted by molar-refractivity contribution is -0.139. The molecule has 3 rings (SSSR count). The molecule has 2 N–H and O–H groups in total. The van der Waals surface area contributed by atoms with Crippen molar-refractivity contribution in [1.29, 1.82) is 0 Å². The summed E-state index contributed by atoms with van der Waals surface area (Å²) < 4.78 is 63.5. The van der Waals surface area contributed by atoms with Gasteiger partial charge in [0, 0.05) is 31.0 Å². The summed E-state index contributed by atoms with van der Waals surface area (Å²) in [6.45, 7) is 0. The Morgan fingerprint density at radius 1 is 1.18 bits per heavy atom. The van der Waals surface area contributed by atoms with Gasteiger partial charge in [0.25, 0.3) is 5.91 Å². The van der Waals surface area contributed by atoms with Crippen LogP contribution < -0.4 is 10.6 Å². The first-order valence-corrected chi connectivity index (χ1v) is 9.99. The minimum atomic E-state index is -4.80. The number of alkyl halides is 3. The van der Waals surface area contributed by atoms with Gasteiger partial charge in [0.15, 0.2) is 9.84 Å². The second kappa shape index (κ2) is 6.93. The van der Waals surface area contributed by atoms with E-state index >= 15 is 0 Å². The molecule has 0 saturated heterocycles. The van der Waals surface area contributed by atoms with Gasteiger partial charge in [0.05, 0.1) is 16.1 Å². The summed E-state index contributed by atoms with van der Waals surface area (Å²) in [6.07, 6.45) is -4.00. The predicted octanol–water partition coefficient (Wildman–Crippen LogP) is 3.17. The summed E-state index contributed by atoms with van der Waals surface area (Å²) >= 11 is 0. The Kier molecular flexibility index (Phi) is 4.92. The third-order valence-corrected chi connectivity index (χ3v) is 5.28. The van der Waals surface area contributed by atoms with Crippen molar-refractivity contribution in [3.8, 4) is 0 Å².